The van der Waals surface area contributed by atoms with Gasteiger partial charge in [-0.15, -0.1) is 0 Å². The molecular weight excluding hydrogens is 240 g/mol. The maximum absolute atomic E-state index is 5.44. The van der Waals surface area contributed by atoms with Gasteiger partial charge in [0.2, 0.25) is 5.89 Å². The summed E-state index contributed by atoms with van der Waals surface area (Å²) in [6.45, 7) is 4.11. The lowest BCUT2D eigenvalue weighted by Crippen LogP contribution is -2.23. The predicted octanol–water partition coefficient (Wildman–Crippen LogP) is 1.76. The molecule has 0 bridgehead atoms. The van der Waals surface area contributed by atoms with E-state index in [1.165, 1.54) is 5.56 Å². The van der Waals surface area contributed by atoms with Crippen LogP contribution in [0.4, 0.5) is 0 Å². The van der Waals surface area contributed by atoms with E-state index in [1.54, 1.807) is 0 Å². The van der Waals surface area contributed by atoms with Crippen molar-refractivity contribution in [3.63, 3.8) is 0 Å². The molecule has 2 N–H and O–H groups in total. The summed E-state index contributed by atoms with van der Waals surface area (Å²) in [4.78, 5) is 6.39. The summed E-state index contributed by atoms with van der Waals surface area (Å²) in [5, 5.41) is 3.90. The molecule has 0 aliphatic carbocycles. The largest absolute Gasteiger partial charge is 0.338 e. The Hall–Kier alpha value is -1.72. The van der Waals surface area contributed by atoms with Gasteiger partial charge in [0.05, 0.1) is 13.1 Å². The quantitative estimate of drug-likeness (QED) is 0.857. The minimum Gasteiger partial charge on any atom is -0.338 e. The van der Waals surface area contributed by atoms with Gasteiger partial charge in [0.15, 0.2) is 5.82 Å². The molecule has 0 saturated carbocycles. The van der Waals surface area contributed by atoms with Crippen molar-refractivity contribution in [2.45, 2.75) is 25.9 Å². The number of hydrogen-bond acceptors (Lipinski definition) is 5. The minimum atomic E-state index is 0.289. The van der Waals surface area contributed by atoms with Crippen LogP contribution in [0.1, 0.15) is 30.1 Å². The first kappa shape index (κ1) is 13.7. The monoisotopic (exact) mass is 260 g/mol. The van der Waals surface area contributed by atoms with Crippen LogP contribution in [-0.4, -0.2) is 28.6 Å². The summed E-state index contributed by atoms with van der Waals surface area (Å²) in [7, 11) is 2.05. The molecule has 102 valence electrons. The van der Waals surface area contributed by atoms with Crippen molar-refractivity contribution in [2.24, 2.45) is 5.73 Å². The average molecular weight is 260 g/mol. The zero-order chi connectivity index (χ0) is 13.7. The number of nitrogens with zero attached hydrogens (tertiary/aromatic N) is 3. The lowest BCUT2D eigenvalue weighted by atomic mass is 10.0. The Morgan fingerprint density at radius 2 is 2.05 bits per heavy atom. The molecule has 1 aromatic carbocycles. The third kappa shape index (κ3) is 3.87. The molecule has 0 spiro atoms. The molecule has 0 fully saturated rings. The fourth-order valence-corrected chi connectivity index (χ4v) is 2.10. The van der Waals surface area contributed by atoms with Gasteiger partial charge >= 0.3 is 0 Å². The van der Waals surface area contributed by atoms with Gasteiger partial charge in [-0.05, 0) is 18.5 Å². The van der Waals surface area contributed by atoms with E-state index >= 15 is 0 Å². The summed E-state index contributed by atoms with van der Waals surface area (Å²) >= 11 is 0. The number of hydrogen-bond donors (Lipinski definition) is 1. The van der Waals surface area contributed by atoms with Gasteiger partial charge in [-0.25, -0.2) is 0 Å². The van der Waals surface area contributed by atoms with Crippen LogP contribution in [0.15, 0.2) is 34.9 Å². The van der Waals surface area contributed by atoms with Gasteiger partial charge in [0.25, 0.3) is 0 Å². The standard InChI is InChI=1S/C14H20N4O/c1-11(12-6-4-3-5-7-12)9-18(2)10-13-16-14(8-15)19-17-13/h3-7,11H,8-10,15H2,1-2H3. The molecular formula is C14H20N4O. The van der Waals surface area contributed by atoms with Gasteiger partial charge in [0.1, 0.15) is 0 Å². The Kier molecular flexibility index (Phi) is 4.65. The molecule has 0 radical (unpaired) electrons. The van der Waals surface area contributed by atoms with Gasteiger partial charge in [-0.2, -0.15) is 4.98 Å². The third-order valence-corrected chi connectivity index (χ3v) is 3.05. The molecule has 5 heteroatoms. The number of nitrogens with two attached hydrogens (primary N) is 1. The van der Waals surface area contributed by atoms with E-state index in [-0.39, 0.29) is 6.54 Å². The number of likely N-dealkylation sites (N-methyl/N-ethyl adjacent to an activating group) is 1. The van der Waals surface area contributed by atoms with Crippen molar-refractivity contribution in [3.05, 3.63) is 47.6 Å². The van der Waals surface area contributed by atoms with Crippen molar-refractivity contribution in [2.75, 3.05) is 13.6 Å². The first-order valence-corrected chi connectivity index (χ1v) is 6.44. The number of benzene rings is 1. The highest BCUT2D eigenvalue weighted by atomic mass is 16.5. The molecule has 1 unspecified atom stereocenters. The lowest BCUT2D eigenvalue weighted by molar-refractivity contribution is 0.293. The Labute approximate surface area is 113 Å². The SMILES string of the molecule is CC(CN(C)Cc1noc(CN)n1)c1ccccc1. The van der Waals surface area contributed by atoms with Gasteiger partial charge < -0.3 is 10.3 Å². The fourth-order valence-electron chi connectivity index (χ4n) is 2.10. The van der Waals surface area contributed by atoms with Crippen LogP contribution in [0.2, 0.25) is 0 Å². The van der Waals surface area contributed by atoms with Crippen LogP contribution in [0.25, 0.3) is 0 Å². The lowest BCUT2D eigenvalue weighted by Gasteiger charge is -2.20. The molecule has 0 saturated heterocycles. The van der Waals surface area contributed by atoms with Crippen LogP contribution < -0.4 is 5.73 Å². The normalized spacial score (nSPS) is 12.8. The van der Waals surface area contributed by atoms with Crippen molar-refractivity contribution in [1.29, 1.82) is 0 Å². The van der Waals surface area contributed by atoms with Crippen LogP contribution >= 0.6 is 0 Å². The first-order valence-electron chi connectivity index (χ1n) is 6.44. The van der Waals surface area contributed by atoms with Crippen LogP contribution in [0.5, 0.6) is 0 Å². The highest BCUT2D eigenvalue weighted by molar-refractivity contribution is 5.18. The Morgan fingerprint density at radius 3 is 2.68 bits per heavy atom. The molecule has 2 aromatic rings. The molecule has 0 aliphatic rings. The van der Waals surface area contributed by atoms with E-state index in [9.17, 15) is 0 Å². The number of rotatable bonds is 6. The van der Waals surface area contributed by atoms with Crippen LogP contribution in [-0.2, 0) is 13.1 Å². The Morgan fingerprint density at radius 1 is 1.32 bits per heavy atom. The van der Waals surface area contributed by atoms with E-state index in [4.69, 9.17) is 10.3 Å². The average Bonchev–Trinajstić information content (AvgIpc) is 2.87. The van der Waals surface area contributed by atoms with E-state index in [2.05, 4.69) is 53.3 Å². The van der Waals surface area contributed by atoms with E-state index in [0.29, 0.717) is 24.2 Å². The third-order valence-electron chi connectivity index (χ3n) is 3.05. The molecule has 5 nitrogen and oxygen atoms in total. The Balaban J connectivity index is 1.88. The molecule has 1 heterocycles. The zero-order valence-electron chi connectivity index (χ0n) is 11.4. The second kappa shape index (κ2) is 6.45. The fraction of sp³-hybridized carbons (Fsp3) is 0.429. The smallest absolute Gasteiger partial charge is 0.240 e. The topological polar surface area (TPSA) is 68.2 Å². The molecule has 1 atom stereocenters. The van der Waals surface area contributed by atoms with E-state index in [0.717, 1.165) is 6.54 Å². The highest BCUT2D eigenvalue weighted by Gasteiger charge is 2.12. The predicted molar refractivity (Wildman–Crippen MR) is 73.4 cm³/mol. The Bertz CT molecular complexity index is 497. The van der Waals surface area contributed by atoms with Crippen molar-refractivity contribution in [1.82, 2.24) is 15.0 Å². The summed E-state index contributed by atoms with van der Waals surface area (Å²) in [6, 6.07) is 10.5. The van der Waals surface area contributed by atoms with Gasteiger partial charge in [-0.3, -0.25) is 4.90 Å². The van der Waals surface area contributed by atoms with Crippen molar-refractivity contribution in [3.8, 4) is 0 Å². The summed E-state index contributed by atoms with van der Waals surface area (Å²) < 4.78 is 4.99. The second-order valence-corrected chi connectivity index (χ2v) is 4.82. The van der Waals surface area contributed by atoms with Crippen LogP contribution in [0.3, 0.4) is 0 Å². The van der Waals surface area contributed by atoms with Crippen molar-refractivity contribution < 1.29 is 4.52 Å². The molecule has 0 aliphatic heterocycles. The zero-order valence-corrected chi connectivity index (χ0v) is 11.4. The minimum absolute atomic E-state index is 0.289. The summed E-state index contributed by atoms with van der Waals surface area (Å²) in [6.07, 6.45) is 0. The maximum atomic E-state index is 5.44. The summed E-state index contributed by atoms with van der Waals surface area (Å²) in [5.41, 5.74) is 6.78. The molecule has 0 amide bonds. The van der Waals surface area contributed by atoms with Gasteiger partial charge in [-0.1, -0.05) is 42.4 Å². The second-order valence-electron chi connectivity index (χ2n) is 4.82. The van der Waals surface area contributed by atoms with Gasteiger partial charge in [0, 0.05) is 6.54 Å². The molecule has 2 rings (SSSR count). The maximum Gasteiger partial charge on any atom is 0.240 e. The van der Waals surface area contributed by atoms with E-state index < -0.39 is 0 Å². The highest BCUT2D eigenvalue weighted by Crippen LogP contribution is 2.16. The first-order chi connectivity index (χ1) is 9.19. The molecule has 1 aromatic heterocycles. The van der Waals surface area contributed by atoms with E-state index in [1.807, 2.05) is 6.07 Å². The molecule has 19 heavy (non-hydrogen) atoms. The summed E-state index contributed by atoms with van der Waals surface area (Å²) in [5.74, 6) is 1.63. The van der Waals surface area contributed by atoms with Crippen molar-refractivity contribution >= 4 is 0 Å². The van der Waals surface area contributed by atoms with Crippen LogP contribution in [0, 0.1) is 0 Å². The number of aromatic nitrogens is 2.